The van der Waals surface area contributed by atoms with E-state index in [4.69, 9.17) is 5.73 Å². The number of nitrogens with zero attached hydrogens (tertiary/aromatic N) is 1. The summed E-state index contributed by atoms with van der Waals surface area (Å²) < 4.78 is 4.65. The molecule has 0 heterocycles. The molecule has 3 aliphatic carbocycles. The number of methoxy groups -OCH3 is 1. The number of fused-ring (bicyclic) bond motifs is 3. The Kier molecular flexibility index (Phi) is 7.48. The molecule has 11 heteroatoms. The predicted molar refractivity (Wildman–Crippen MR) is 140 cm³/mol. The number of phenolic OH excluding ortho intramolecular Hbond substituents is 1. The van der Waals surface area contributed by atoms with Crippen molar-refractivity contribution in [3.8, 4) is 5.75 Å². The van der Waals surface area contributed by atoms with Crippen LogP contribution in [0.2, 0.25) is 0 Å². The molecule has 0 aliphatic heterocycles. The van der Waals surface area contributed by atoms with Gasteiger partial charge in [-0.15, -0.1) is 0 Å². The molecule has 39 heavy (non-hydrogen) atoms. The first-order chi connectivity index (χ1) is 18.3. The van der Waals surface area contributed by atoms with Crippen LogP contribution >= 0.6 is 0 Å². The van der Waals surface area contributed by atoms with Crippen molar-refractivity contribution in [2.45, 2.75) is 57.0 Å². The smallest absolute Gasteiger partial charge is 0.305 e. The number of hydrogen-bond acceptors (Lipinski definition) is 10. The predicted octanol–water partition coefficient (Wildman–Crippen LogP) is 1.77. The number of rotatable bonds is 8. The molecule has 0 aromatic heterocycles. The maximum atomic E-state index is 13.7. The van der Waals surface area contributed by atoms with Crippen LogP contribution in [0.25, 0.3) is 5.76 Å². The van der Waals surface area contributed by atoms with Crippen LogP contribution in [0.5, 0.6) is 5.75 Å². The third-order valence-electron chi connectivity index (χ3n) is 8.16. The number of esters is 1. The Bertz CT molecular complexity index is 1330. The Morgan fingerprint density at radius 2 is 1.82 bits per heavy atom. The second-order valence-corrected chi connectivity index (χ2v) is 10.7. The van der Waals surface area contributed by atoms with Crippen LogP contribution in [0, 0.1) is 11.8 Å². The second kappa shape index (κ2) is 10.4. The van der Waals surface area contributed by atoms with Gasteiger partial charge < -0.3 is 35.8 Å². The number of aromatic hydroxyl groups is 1. The molecule has 1 fully saturated rings. The van der Waals surface area contributed by atoms with E-state index in [-0.39, 0.29) is 42.1 Å². The lowest BCUT2D eigenvalue weighted by atomic mass is 9.59. The van der Waals surface area contributed by atoms with Crippen molar-refractivity contribution < 1.29 is 44.3 Å². The van der Waals surface area contributed by atoms with Gasteiger partial charge in [0.25, 0.3) is 5.91 Å². The first-order valence-corrected chi connectivity index (χ1v) is 12.9. The number of anilines is 1. The number of carbonyl (C=O) groups excluding carboxylic acids is 4. The van der Waals surface area contributed by atoms with E-state index in [0.717, 1.165) is 5.69 Å². The lowest BCUT2D eigenvalue weighted by Gasteiger charge is -2.46. The molecule has 1 aromatic carbocycles. The topological polar surface area (TPSA) is 188 Å². The zero-order valence-electron chi connectivity index (χ0n) is 22.2. The van der Waals surface area contributed by atoms with E-state index in [9.17, 15) is 39.6 Å². The van der Waals surface area contributed by atoms with E-state index in [1.807, 2.05) is 25.1 Å². The number of aliphatic hydroxyl groups is 3. The number of phenols is 1. The molecule has 1 aromatic rings. The molecule has 11 nitrogen and oxygen atoms in total. The summed E-state index contributed by atoms with van der Waals surface area (Å²) in [6, 6.07) is 1.84. The average molecular weight is 543 g/mol. The van der Waals surface area contributed by atoms with Crippen LogP contribution in [0.15, 0.2) is 23.0 Å². The summed E-state index contributed by atoms with van der Waals surface area (Å²) in [6.45, 7) is 0. The standard InChI is InChI=1S/C28H34N2O9/c1-30(2)17-11-13(7-5-4-6-8-19(32)39-3)23(33)21-16(17)10-14-9-15-12-18(31)22(27(29)37)26(36)28(15,38)25(35)20(14)24(21)34/h11,14-15,33-34,36,38H,4-10,12H2,1-3H3,(H2,29,37)/t14-,15+,28+/m1/s1. The Hall–Kier alpha value is -3.86. The maximum Gasteiger partial charge on any atom is 0.305 e. The normalized spacial score (nSPS) is 24.2. The molecule has 0 saturated heterocycles. The minimum absolute atomic E-state index is 0.0814. The molecule has 0 spiro atoms. The fourth-order valence-electron chi connectivity index (χ4n) is 6.18. The van der Waals surface area contributed by atoms with Crippen molar-refractivity contribution in [2.75, 3.05) is 26.1 Å². The minimum atomic E-state index is -2.59. The molecule has 0 bridgehead atoms. The molecule has 1 amide bonds. The van der Waals surface area contributed by atoms with Gasteiger partial charge in [-0.3, -0.25) is 19.2 Å². The van der Waals surface area contributed by atoms with Gasteiger partial charge in [0, 0.05) is 44.1 Å². The van der Waals surface area contributed by atoms with Gasteiger partial charge in [0.2, 0.25) is 5.78 Å². The molecular weight excluding hydrogens is 508 g/mol. The van der Waals surface area contributed by atoms with Crippen LogP contribution in [0.3, 0.4) is 0 Å². The summed E-state index contributed by atoms with van der Waals surface area (Å²) in [5, 5.41) is 44.8. The highest BCUT2D eigenvalue weighted by molar-refractivity contribution is 6.22. The lowest BCUT2D eigenvalue weighted by Crippen LogP contribution is -2.58. The number of unbranched alkanes of at least 4 members (excludes halogenated alkanes) is 2. The van der Waals surface area contributed by atoms with Crippen molar-refractivity contribution in [2.24, 2.45) is 17.6 Å². The van der Waals surface area contributed by atoms with Crippen LogP contribution in [-0.4, -0.2) is 70.7 Å². The highest BCUT2D eigenvalue weighted by Gasteiger charge is 2.60. The molecule has 1 saturated carbocycles. The zero-order chi connectivity index (χ0) is 28.8. The number of primary amides is 1. The molecule has 4 rings (SSSR count). The number of benzene rings is 1. The first-order valence-electron chi connectivity index (χ1n) is 12.9. The number of nitrogens with two attached hydrogens (primary N) is 1. The minimum Gasteiger partial charge on any atom is -0.508 e. The molecular formula is C28H34N2O9. The number of hydrogen-bond donors (Lipinski definition) is 5. The Labute approximate surface area is 225 Å². The number of Topliss-reactive ketones (excluding diaryl/α,β-unsaturated/α-hetero) is 2. The molecule has 210 valence electrons. The Morgan fingerprint density at radius 3 is 2.44 bits per heavy atom. The number of ketones is 2. The molecule has 3 aliphatic rings. The summed E-state index contributed by atoms with van der Waals surface area (Å²) in [5.41, 5.74) is 3.65. The van der Waals surface area contributed by atoms with E-state index in [1.54, 1.807) is 0 Å². The molecule has 0 unspecified atom stereocenters. The lowest BCUT2D eigenvalue weighted by molar-refractivity contribution is -0.147. The van der Waals surface area contributed by atoms with E-state index in [0.29, 0.717) is 43.2 Å². The van der Waals surface area contributed by atoms with Crippen LogP contribution in [-0.2, 0) is 36.8 Å². The Morgan fingerprint density at radius 1 is 1.13 bits per heavy atom. The van der Waals surface area contributed by atoms with E-state index in [1.165, 1.54) is 7.11 Å². The second-order valence-electron chi connectivity index (χ2n) is 10.7. The third-order valence-corrected chi connectivity index (χ3v) is 8.16. The van der Waals surface area contributed by atoms with Gasteiger partial charge in [0.05, 0.1) is 12.7 Å². The van der Waals surface area contributed by atoms with E-state index in [2.05, 4.69) is 4.74 Å². The fraction of sp³-hybridized carbons (Fsp3) is 0.500. The third kappa shape index (κ3) is 4.54. The fourth-order valence-corrected chi connectivity index (χ4v) is 6.18. The first kappa shape index (κ1) is 28.2. The van der Waals surface area contributed by atoms with E-state index >= 15 is 0 Å². The van der Waals surface area contributed by atoms with Crippen LogP contribution in [0.4, 0.5) is 5.69 Å². The van der Waals surface area contributed by atoms with Crippen molar-refractivity contribution >= 4 is 34.9 Å². The number of aliphatic hydroxyl groups excluding tert-OH is 2. The number of amides is 1. The van der Waals surface area contributed by atoms with Gasteiger partial charge in [0.1, 0.15) is 22.8 Å². The summed E-state index contributed by atoms with van der Waals surface area (Å²) >= 11 is 0. The van der Waals surface area contributed by atoms with Crippen molar-refractivity contribution in [1.82, 2.24) is 0 Å². The van der Waals surface area contributed by atoms with Gasteiger partial charge in [-0.2, -0.15) is 0 Å². The van der Waals surface area contributed by atoms with Gasteiger partial charge in [0.15, 0.2) is 11.4 Å². The highest BCUT2D eigenvalue weighted by atomic mass is 16.5. The van der Waals surface area contributed by atoms with E-state index < -0.39 is 52.0 Å². The molecule has 6 N–H and O–H groups in total. The summed E-state index contributed by atoms with van der Waals surface area (Å²) in [7, 11) is 4.98. The average Bonchev–Trinajstić information content (AvgIpc) is 2.86. The van der Waals surface area contributed by atoms with Gasteiger partial charge in [-0.25, -0.2) is 0 Å². The molecule has 0 radical (unpaired) electrons. The largest absolute Gasteiger partial charge is 0.508 e. The SMILES string of the molecule is COC(=O)CCCCCc1cc(N(C)C)c2c(c1O)C(O)=C1C(=O)[C@]3(O)C(O)=C(C(N)=O)C(=O)C[C@@H]3C[C@@H]1C2. The quantitative estimate of drug-likeness (QED) is 0.184. The number of aryl methyl sites for hydroxylation is 1. The highest BCUT2D eigenvalue weighted by Crippen LogP contribution is 2.53. The van der Waals surface area contributed by atoms with Crippen LogP contribution < -0.4 is 10.6 Å². The van der Waals surface area contributed by atoms with Crippen molar-refractivity contribution in [1.29, 1.82) is 0 Å². The Balaban J connectivity index is 1.76. The monoisotopic (exact) mass is 542 g/mol. The number of ether oxygens (including phenoxy) is 1. The summed E-state index contributed by atoms with van der Waals surface area (Å²) in [6.07, 6.45) is 2.69. The summed E-state index contributed by atoms with van der Waals surface area (Å²) in [5.74, 6) is -6.70. The summed E-state index contributed by atoms with van der Waals surface area (Å²) in [4.78, 5) is 51.2. The van der Waals surface area contributed by atoms with Crippen molar-refractivity contribution in [3.63, 3.8) is 0 Å². The van der Waals surface area contributed by atoms with Crippen LogP contribution in [0.1, 0.15) is 55.2 Å². The zero-order valence-corrected chi connectivity index (χ0v) is 22.2. The molecule has 3 atom stereocenters. The van der Waals surface area contributed by atoms with Gasteiger partial charge >= 0.3 is 5.97 Å². The van der Waals surface area contributed by atoms with Gasteiger partial charge in [-0.05, 0) is 55.2 Å². The maximum absolute atomic E-state index is 13.7. The number of carbonyl (C=O) groups is 4. The van der Waals surface area contributed by atoms with Crippen molar-refractivity contribution in [3.05, 3.63) is 39.7 Å². The van der Waals surface area contributed by atoms with Gasteiger partial charge in [-0.1, -0.05) is 6.42 Å².